The minimum atomic E-state index is -0.447. The number of esters is 1. The predicted molar refractivity (Wildman–Crippen MR) is 124 cm³/mol. The summed E-state index contributed by atoms with van der Waals surface area (Å²) < 4.78 is 29.3. The Morgan fingerprint density at radius 2 is 1.74 bits per heavy atom. The summed E-state index contributed by atoms with van der Waals surface area (Å²) in [4.78, 5) is 24.7. The summed E-state index contributed by atoms with van der Waals surface area (Å²) >= 11 is 0. The summed E-state index contributed by atoms with van der Waals surface area (Å²) in [7, 11) is 1.31. The highest BCUT2D eigenvalue weighted by atomic mass is 19.1. The van der Waals surface area contributed by atoms with Crippen molar-refractivity contribution in [3.8, 4) is 28.9 Å². The van der Waals surface area contributed by atoms with Crippen LogP contribution in [0.15, 0.2) is 83.3 Å². The molecule has 0 aliphatic rings. The largest absolute Gasteiger partial charge is 0.465 e. The van der Waals surface area contributed by atoms with E-state index in [9.17, 15) is 14.0 Å². The first kappa shape index (κ1) is 23.3. The standard InChI is InChI=1S/C27H19FN2O5/c1-33-27(32)18-4-2-17(3-5-18)16-30-26(31)23-14-19(24-13-11-22(15-29)35-24)6-12-25(23)34-21-9-7-20(28)8-10-21/h2-14H,16H2,1H3,(H,30,31). The van der Waals surface area contributed by atoms with Gasteiger partial charge in [0.25, 0.3) is 5.91 Å². The molecule has 0 unspecified atom stereocenters. The number of nitrogens with one attached hydrogen (secondary N) is 1. The highest BCUT2D eigenvalue weighted by molar-refractivity contribution is 5.98. The van der Waals surface area contributed by atoms with Crippen LogP contribution in [0.5, 0.6) is 11.5 Å². The lowest BCUT2D eigenvalue weighted by atomic mass is 10.1. The predicted octanol–water partition coefficient (Wildman–Crippen LogP) is 5.47. The maximum atomic E-state index is 13.3. The number of amides is 1. The van der Waals surface area contributed by atoms with Crippen LogP contribution in [0.1, 0.15) is 32.0 Å². The molecule has 1 N–H and O–H groups in total. The lowest BCUT2D eigenvalue weighted by molar-refractivity contribution is 0.0600. The van der Waals surface area contributed by atoms with Crippen LogP contribution in [0.25, 0.3) is 11.3 Å². The number of ether oxygens (including phenoxy) is 2. The molecule has 1 aromatic heterocycles. The average Bonchev–Trinajstić information content (AvgIpc) is 3.38. The number of rotatable bonds is 7. The Morgan fingerprint density at radius 3 is 2.40 bits per heavy atom. The fourth-order valence-corrected chi connectivity index (χ4v) is 3.29. The molecule has 3 aromatic carbocycles. The number of methoxy groups -OCH3 is 1. The number of nitrogens with zero attached hydrogens (tertiary/aromatic N) is 1. The summed E-state index contributed by atoms with van der Waals surface area (Å²) in [5.41, 5.74) is 1.96. The summed E-state index contributed by atoms with van der Waals surface area (Å²) in [6.45, 7) is 0.194. The highest BCUT2D eigenvalue weighted by Crippen LogP contribution is 2.31. The maximum absolute atomic E-state index is 13.3. The molecule has 0 bridgehead atoms. The number of carbonyl (C=O) groups excluding carboxylic acids is 2. The molecule has 0 radical (unpaired) electrons. The molecule has 8 heteroatoms. The van der Waals surface area contributed by atoms with Crippen LogP contribution in [0, 0.1) is 17.1 Å². The Kier molecular flexibility index (Phi) is 6.88. The van der Waals surface area contributed by atoms with Gasteiger partial charge in [-0.25, -0.2) is 9.18 Å². The number of hydrogen-bond acceptors (Lipinski definition) is 6. The second kappa shape index (κ2) is 10.4. The van der Waals surface area contributed by atoms with E-state index in [4.69, 9.17) is 14.4 Å². The molecule has 1 heterocycles. The van der Waals surface area contributed by atoms with E-state index in [2.05, 4.69) is 10.1 Å². The molecule has 7 nitrogen and oxygen atoms in total. The van der Waals surface area contributed by atoms with Crippen LogP contribution >= 0.6 is 0 Å². The first-order valence-corrected chi connectivity index (χ1v) is 10.5. The third-order valence-electron chi connectivity index (χ3n) is 5.09. The second-order valence-electron chi connectivity index (χ2n) is 7.41. The van der Waals surface area contributed by atoms with Crippen molar-refractivity contribution in [2.75, 3.05) is 7.11 Å². The van der Waals surface area contributed by atoms with Crippen molar-refractivity contribution < 1.29 is 27.9 Å². The van der Waals surface area contributed by atoms with Crippen LogP contribution < -0.4 is 10.1 Å². The van der Waals surface area contributed by atoms with E-state index in [1.807, 2.05) is 6.07 Å². The van der Waals surface area contributed by atoms with Crippen molar-refractivity contribution in [1.29, 1.82) is 5.26 Å². The van der Waals surface area contributed by atoms with Crippen LogP contribution in [0.3, 0.4) is 0 Å². The summed E-state index contributed by atoms with van der Waals surface area (Å²) in [6, 6.07) is 22.1. The number of hydrogen-bond donors (Lipinski definition) is 1. The average molecular weight is 470 g/mol. The number of benzene rings is 3. The van der Waals surface area contributed by atoms with Gasteiger partial charge < -0.3 is 19.2 Å². The van der Waals surface area contributed by atoms with Gasteiger partial charge in [0.15, 0.2) is 0 Å². The third kappa shape index (κ3) is 5.54. The lowest BCUT2D eigenvalue weighted by Gasteiger charge is -2.13. The van der Waals surface area contributed by atoms with Crippen molar-refractivity contribution in [3.63, 3.8) is 0 Å². The molecule has 0 saturated carbocycles. The molecule has 35 heavy (non-hydrogen) atoms. The van der Waals surface area contributed by atoms with E-state index in [1.54, 1.807) is 48.5 Å². The van der Waals surface area contributed by atoms with E-state index < -0.39 is 17.7 Å². The smallest absolute Gasteiger partial charge is 0.337 e. The zero-order valence-electron chi connectivity index (χ0n) is 18.6. The summed E-state index contributed by atoms with van der Waals surface area (Å²) in [5, 5.41) is 11.9. The Balaban J connectivity index is 1.59. The zero-order valence-corrected chi connectivity index (χ0v) is 18.6. The molecule has 0 aliphatic carbocycles. The zero-order chi connectivity index (χ0) is 24.8. The van der Waals surface area contributed by atoms with Crippen molar-refractivity contribution >= 4 is 11.9 Å². The van der Waals surface area contributed by atoms with Gasteiger partial charge in [-0.15, -0.1) is 0 Å². The van der Waals surface area contributed by atoms with Gasteiger partial charge in [0, 0.05) is 12.1 Å². The molecular formula is C27H19FN2O5. The molecule has 0 aliphatic heterocycles. The molecule has 0 atom stereocenters. The van der Waals surface area contributed by atoms with Gasteiger partial charge in [0.2, 0.25) is 5.76 Å². The van der Waals surface area contributed by atoms with Crippen molar-refractivity contribution in [2.24, 2.45) is 0 Å². The summed E-state index contributed by atoms with van der Waals surface area (Å²) in [6.07, 6.45) is 0. The van der Waals surface area contributed by atoms with E-state index in [0.29, 0.717) is 22.6 Å². The number of halogens is 1. The van der Waals surface area contributed by atoms with Crippen LogP contribution in [0.4, 0.5) is 4.39 Å². The number of carbonyl (C=O) groups is 2. The normalized spacial score (nSPS) is 10.3. The third-order valence-corrected chi connectivity index (χ3v) is 5.09. The Bertz CT molecular complexity index is 1400. The van der Waals surface area contributed by atoms with Crippen LogP contribution in [0.2, 0.25) is 0 Å². The Labute approximate surface area is 200 Å². The Morgan fingerprint density at radius 1 is 1.00 bits per heavy atom. The SMILES string of the molecule is COC(=O)c1ccc(CNC(=O)c2cc(-c3ccc(C#N)o3)ccc2Oc2ccc(F)cc2)cc1. The van der Waals surface area contributed by atoms with Crippen molar-refractivity contribution in [2.45, 2.75) is 6.54 Å². The fourth-order valence-electron chi connectivity index (χ4n) is 3.29. The van der Waals surface area contributed by atoms with Gasteiger partial charge in [-0.3, -0.25) is 4.79 Å². The van der Waals surface area contributed by atoms with E-state index in [1.165, 1.54) is 37.4 Å². The Hall–Kier alpha value is -4.90. The van der Waals surface area contributed by atoms with Crippen molar-refractivity contribution in [1.82, 2.24) is 5.32 Å². The molecule has 4 aromatic rings. The number of nitriles is 1. The molecule has 0 saturated heterocycles. The lowest BCUT2D eigenvalue weighted by Crippen LogP contribution is -2.23. The van der Waals surface area contributed by atoms with Crippen molar-refractivity contribution in [3.05, 3.63) is 107 Å². The van der Waals surface area contributed by atoms with E-state index in [-0.39, 0.29) is 23.6 Å². The van der Waals surface area contributed by atoms with Gasteiger partial charge in [0.1, 0.15) is 29.1 Å². The first-order valence-electron chi connectivity index (χ1n) is 10.5. The van der Waals surface area contributed by atoms with E-state index >= 15 is 0 Å². The van der Waals surface area contributed by atoms with Gasteiger partial charge in [-0.05, 0) is 72.3 Å². The van der Waals surface area contributed by atoms with Gasteiger partial charge in [-0.2, -0.15) is 5.26 Å². The van der Waals surface area contributed by atoms with Crippen LogP contribution in [-0.4, -0.2) is 19.0 Å². The molecule has 1 amide bonds. The van der Waals surface area contributed by atoms with Crippen LogP contribution in [-0.2, 0) is 11.3 Å². The van der Waals surface area contributed by atoms with Gasteiger partial charge in [0.05, 0.1) is 18.2 Å². The second-order valence-corrected chi connectivity index (χ2v) is 7.41. The highest BCUT2D eigenvalue weighted by Gasteiger charge is 2.17. The first-order chi connectivity index (χ1) is 17.0. The molecule has 0 spiro atoms. The maximum Gasteiger partial charge on any atom is 0.337 e. The van der Waals surface area contributed by atoms with Gasteiger partial charge in [-0.1, -0.05) is 12.1 Å². The fraction of sp³-hybridized carbons (Fsp3) is 0.0741. The van der Waals surface area contributed by atoms with Gasteiger partial charge >= 0.3 is 5.97 Å². The summed E-state index contributed by atoms with van der Waals surface area (Å²) in [5.74, 6) is -0.0989. The molecule has 174 valence electrons. The minimum absolute atomic E-state index is 0.146. The molecule has 0 fully saturated rings. The molecule has 4 rings (SSSR count). The monoisotopic (exact) mass is 470 g/mol. The molecular weight excluding hydrogens is 451 g/mol. The topological polar surface area (TPSA) is 102 Å². The van der Waals surface area contributed by atoms with E-state index in [0.717, 1.165) is 5.56 Å². The number of furan rings is 1. The minimum Gasteiger partial charge on any atom is -0.465 e. The quantitative estimate of drug-likeness (QED) is 0.360.